The highest BCUT2D eigenvalue weighted by Crippen LogP contribution is 2.61. The van der Waals surface area contributed by atoms with E-state index in [1.165, 1.54) is 0 Å². The van der Waals surface area contributed by atoms with E-state index in [9.17, 15) is 22.8 Å². The van der Waals surface area contributed by atoms with Crippen molar-refractivity contribution in [3.8, 4) is 0 Å². The van der Waals surface area contributed by atoms with Crippen LogP contribution in [0.25, 0.3) is 0 Å². The minimum Gasteiger partial charge on any atom is -0.481 e. The third-order valence-corrected chi connectivity index (χ3v) is 3.55. The van der Waals surface area contributed by atoms with Crippen molar-refractivity contribution in [2.24, 2.45) is 5.41 Å². The van der Waals surface area contributed by atoms with Crippen LogP contribution in [0.3, 0.4) is 0 Å². The lowest BCUT2D eigenvalue weighted by Gasteiger charge is -2.39. The summed E-state index contributed by atoms with van der Waals surface area (Å²) in [5.41, 5.74) is -1.75. The molecule has 2 heterocycles. The summed E-state index contributed by atoms with van der Waals surface area (Å²) in [5, 5.41) is 10.8. The molecular formula is C10H12F3NO4. The molecule has 8 heteroatoms. The number of ether oxygens (including phenoxy) is 1. The number of carbonyl (C=O) groups is 2. The molecule has 1 amide bonds. The van der Waals surface area contributed by atoms with Crippen molar-refractivity contribution in [3.05, 3.63) is 0 Å². The number of nitrogens with one attached hydrogen (secondary N) is 1. The van der Waals surface area contributed by atoms with Crippen molar-refractivity contribution in [1.29, 1.82) is 0 Å². The van der Waals surface area contributed by atoms with Crippen molar-refractivity contribution in [2.75, 3.05) is 6.54 Å². The molecule has 102 valence electrons. The molecule has 3 aliphatic rings. The summed E-state index contributed by atoms with van der Waals surface area (Å²) in [7, 11) is 0. The van der Waals surface area contributed by atoms with Crippen LogP contribution >= 0.6 is 0 Å². The predicted octanol–water partition coefficient (Wildman–Crippen LogP) is 0.687. The lowest BCUT2D eigenvalue weighted by molar-refractivity contribution is -0.174. The summed E-state index contributed by atoms with van der Waals surface area (Å²) < 4.78 is 41.4. The Labute approximate surface area is 100 Å². The number of hydrogen-bond donors (Lipinski definition) is 2. The first-order valence-corrected chi connectivity index (χ1v) is 5.35. The summed E-state index contributed by atoms with van der Waals surface area (Å²) in [6, 6.07) is 0. The van der Waals surface area contributed by atoms with Crippen molar-refractivity contribution < 1.29 is 32.6 Å². The van der Waals surface area contributed by atoms with Crippen LogP contribution in [-0.2, 0) is 14.3 Å². The van der Waals surface area contributed by atoms with Gasteiger partial charge >= 0.3 is 18.1 Å². The first-order chi connectivity index (χ1) is 8.09. The van der Waals surface area contributed by atoms with E-state index in [2.05, 4.69) is 0 Å². The van der Waals surface area contributed by atoms with E-state index in [0.717, 1.165) is 0 Å². The molecule has 2 saturated heterocycles. The maximum absolute atomic E-state index is 12.0. The van der Waals surface area contributed by atoms with Crippen LogP contribution in [0, 0.1) is 5.41 Å². The van der Waals surface area contributed by atoms with Crippen LogP contribution in [0.1, 0.15) is 19.8 Å². The van der Waals surface area contributed by atoms with E-state index in [-0.39, 0.29) is 12.8 Å². The molecule has 1 unspecified atom stereocenters. The molecule has 1 saturated carbocycles. The average Bonchev–Trinajstić information content (AvgIpc) is 2.61. The highest BCUT2D eigenvalue weighted by molar-refractivity contribution is 5.82. The van der Waals surface area contributed by atoms with Gasteiger partial charge in [-0.3, -0.25) is 9.59 Å². The SMILES string of the molecule is CC12CC(C(=O)O)(C1)C(CNC(=O)C(F)(F)F)O2. The molecule has 18 heavy (non-hydrogen) atoms. The quantitative estimate of drug-likeness (QED) is 0.788. The molecular weight excluding hydrogens is 255 g/mol. The number of carbonyl (C=O) groups excluding carboxylic acids is 1. The minimum atomic E-state index is -4.97. The van der Waals surface area contributed by atoms with Crippen LogP contribution < -0.4 is 5.32 Å². The Morgan fingerprint density at radius 2 is 2.00 bits per heavy atom. The number of rotatable bonds is 3. The number of fused-ring (bicyclic) bond motifs is 1. The molecule has 0 aromatic heterocycles. The fourth-order valence-electron chi connectivity index (χ4n) is 2.86. The van der Waals surface area contributed by atoms with Gasteiger partial charge in [-0.15, -0.1) is 0 Å². The topological polar surface area (TPSA) is 75.6 Å². The standard InChI is InChI=1S/C10H12F3NO4/c1-8-3-9(4-8,7(16)17)5(18-8)2-14-6(15)10(11,12)13/h5H,2-4H2,1H3,(H,14,15)(H,16,17). The van der Waals surface area contributed by atoms with Crippen molar-refractivity contribution >= 4 is 11.9 Å². The number of alkyl halides is 3. The summed E-state index contributed by atoms with van der Waals surface area (Å²) in [4.78, 5) is 21.8. The maximum Gasteiger partial charge on any atom is 0.471 e. The van der Waals surface area contributed by atoms with Gasteiger partial charge in [0, 0.05) is 6.54 Å². The van der Waals surface area contributed by atoms with Gasteiger partial charge in [-0.25, -0.2) is 0 Å². The predicted molar refractivity (Wildman–Crippen MR) is 51.6 cm³/mol. The fraction of sp³-hybridized carbons (Fsp3) is 0.800. The van der Waals surface area contributed by atoms with Gasteiger partial charge in [-0.1, -0.05) is 0 Å². The van der Waals surface area contributed by atoms with Crippen LogP contribution in [0.4, 0.5) is 13.2 Å². The van der Waals surface area contributed by atoms with E-state index >= 15 is 0 Å². The van der Waals surface area contributed by atoms with Gasteiger partial charge in [0.05, 0.1) is 11.7 Å². The average molecular weight is 267 g/mol. The second-order valence-electron chi connectivity index (χ2n) is 5.08. The Balaban J connectivity index is 1.99. The molecule has 3 fully saturated rings. The third kappa shape index (κ3) is 1.84. The molecule has 2 N–H and O–H groups in total. The number of aliphatic carboxylic acids is 1. The largest absolute Gasteiger partial charge is 0.481 e. The second-order valence-corrected chi connectivity index (χ2v) is 5.08. The van der Waals surface area contributed by atoms with Gasteiger partial charge in [0.15, 0.2) is 0 Å². The summed E-state index contributed by atoms with van der Waals surface area (Å²) in [6.45, 7) is 1.26. The van der Waals surface area contributed by atoms with E-state index in [4.69, 9.17) is 9.84 Å². The highest BCUT2D eigenvalue weighted by atomic mass is 19.4. The molecule has 5 nitrogen and oxygen atoms in total. The molecule has 3 rings (SSSR count). The molecule has 0 spiro atoms. The molecule has 0 radical (unpaired) electrons. The molecule has 2 aliphatic heterocycles. The van der Waals surface area contributed by atoms with Crippen LogP contribution in [0.2, 0.25) is 0 Å². The monoisotopic (exact) mass is 267 g/mol. The smallest absolute Gasteiger partial charge is 0.471 e. The lowest BCUT2D eigenvalue weighted by Crippen LogP contribution is -2.51. The van der Waals surface area contributed by atoms with Crippen molar-refractivity contribution in [2.45, 2.75) is 37.6 Å². The Kier molecular flexibility index (Phi) is 2.62. The number of halogens is 3. The third-order valence-electron chi connectivity index (χ3n) is 3.55. The second kappa shape index (κ2) is 3.59. The molecule has 0 aromatic rings. The van der Waals surface area contributed by atoms with Gasteiger partial charge in [0.25, 0.3) is 0 Å². The zero-order valence-corrected chi connectivity index (χ0v) is 9.50. The molecule has 1 aliphatic carbocycles. The maximum atomic E-state index is 12.0. The Hall–Kier alpha value is -1.31. The van der Waals surface area contributed by atoms with E-state index in [1.54, 1.807) is 12.2 Å². The van der Waals surface area contributed by atoms with Gasteiger partial charge in [0.2, 0.25) is 0 Å². The Morgan fingerprint density at radius 3 is 2.44 bits per heavy atom. The molecule has 2 bridgehead atoms. The first kappa shape index (κ1) is 13.1. The van der Waals surface area contributed by atoms with Crippen molar-refractivity contribution in [1.82, 2.24) is 5.32 Å². The van der Waals surface area contributed by atoms with Gasteiger partial charge in [0.1, 0.15) is 5.41 Å². The first-order valence-electron chi connectivity index (χ1n) is 5.35. The zero-order chi connectivity index (χ0) is 13.8. The molecule has 1 atom stereocenters. The summed E-state index contributed by atoms with van der Waals surface area (Å²) in [6.07, 6.45) is -5.35. The number of carboxylic acid groups (broad SMARTS) is 1. The van der Waals surface area contributed by atoms with E-state index in [0.29, 0.717) is 0 Å². The fourth-order valence-corrected chi connectivity index (χ4v) is 2.86. The van der Waals surface area contributed by atoms with Crippen LogP contribution in [0.15, 0.2) is 0 Å². The normalized spacial score (nSPS) is 38.1. The van der Waals surface area contributed by atoms with Crippen molar-refractivity contribution in [3.63, 3.8) is 0 Å². The molecule has 0 aromatic carbocycles. The highest BCUT2D eigenvalue weighted by Gasteiger charge is 2.69. The van der Waals surface area contributed by atoms with Gasteiger partial charge in [-0.05, 0) is 19.8 Å². The number of amides is 1. The van der Waals surface area contributed by atoms with E-state index < -0.39 is 41.7 Å². The van der Waals surface area contributed by atoms with Crippen LogP contribution in [-0.4, -0.2) is 41.4 Å². The zero-order valence-electron chi connectivity index (χ0n) is 9.50. The Morgan fingerprint density at radius 1 is 1.44 bits per heavy atom. The number of carboxylic acids is 1. The lowest BCUT2D eigenvalue weighted by atomic mass is 9.60. The van der Waals surface area contributed by atoms with Gasteiger partial charge in [-0.2, -0.15) is 13.2 Å². The van der Waals surface area contributed by atoms with Crippen LogP contribution in [0.5, 0.6) is 0 Å². The minimum absolute atomic E-state index is 0.266. The Bertz CT molecular complexity index is 400. The van der Waals surface area contributed by atoms with Gasteiger partial charge < -0.3 is 15.2 Å². The number of hydrogen-bond acceptors (Lipinski definition) is 3. The van der Waals surface area contributed by atoms with E-state index in [1.807, 2.05) is 0 Å². The summed E-state index contributed by atoms with van der Waals surface area (Å²) in [5.74, 6) is -3.18. The summed E-state index contributed by atoms with van der Waals surface area (Å²) >= 11 is 0.